The van der Waals surface area contributed by atoms with E-state index in [4.69, 9.17) is 4.74 Å². The van der Waals surface area contributed by atoms with Gasteiger partial charge in [-0.3, -0.25) is 4.79 Å². The standard InChI is InChI=1S/C25H33FN2O5S/c26-23-21(29)22(33-14-25-11-15-8-16(12-25)10-17(9-15)13-25)20(18-6-7-18)28(23)34(31,32)27-24(30)19-4-2-1-3-5-19/h1-5,15-18,20-23,29H,6-14H2,(H,27,30)/t15?,16?,17?,20?,21-,22?,23?,25?/m0/s1. The van der Waals surface area contributed by atoms with E-state index < -0.39 is 40.7 Å². The molecule has 9 heteroatoms. The lowest BCUT2D eigenvalue weighted by atomic mass is 9.50. The molecule has 1 amide bonds. The molecule has 5 saturated carbocycles. The molecule has 6 fully saturated rings. The summed E-state index contributed by atoms with van der Waals surface area (Å²) in [7, 11) is -4.52. The normalized spacial score (nSPS) is 41.6. The first-order valence-electron chi connectivity index (χ1n) is 12.6. The molecular formula is C25H33FN2O5S. The minimum Gasteiger partial charge on any atom is -0.386 e. The van der Waals surface area contributed by atoms with Crippen LogP contribution in [0.3, 0.4) is 0 Å². The van der Waals surface area contributed by atoms with Crippen LogP contribution in [0, 0.1) is 29.1 Å². The fourth-order valence-corrected chi connectivity index (χ4v) is 9.24. The number of alkyl halides is 1. The lowest BCUT2D eigenvalue weighted by Crippen LogP contribution is -2.51. The van der Waals surface area contributed by atoms with Crippen molar-refractivity contribution >= 4 is 16.1 Å². The number of aliphatic hydroxyl groups excluding tert-OH is 1. The van der Waals surface area contributed by atoms with Crippen LogP contribution in [0.25, 0.3) is 0 Å². The van der Waals surface area contributed by atoms with Crippen LogP contribution in [0.15, 0.2) is 30.3 Å². The first kappa shape index (κ1) is 22.9. The number of ether oxygens (including phenoxy) is 1. The maximum absolute atomic E-state index is 15.4. The number of hydrogen-bond acceptors (Lipinski definition) is 5. The van der Waals surface area contributed by atoms with Gasteiger partial charge in [-0.2, -0.15) is 8.42 Å². The van der Waals surface area contributed by atoms with E-state index in [9.17, 15) is 18.3 Å². The molecular weight excluding hydrogens is 459 g/mol. The van der Waals surface area contributed by atoms with Crippen LogP contribution in [0.5, 0.6) is 0 Å². The fourth-order valence-electron chi connectivity index (χ4n) is 7.78. The van der Waals surface area contributed by atoms with Crippen LogP contribution in [0.1, 0.15) is 61.7 Å². The summed E-state index contributed by atoms with van der Waals surface area (Å²) in [6.45, 7) is 0.443. The Balaban J connectivity index is 1.20. The Morgan fingerprint density at radius 3 is 2.24 bits per heavy atom. The maximum Gasteiger partial charge on any atom is 0.306 e. The Morgan fingerprint density at radius 1 is 1.09 bits per heavy atom. The molecule has 1 aromatic carbocycles. The number of amides is 1. The van der Waals surface area contributed by atoms with Crippen molar-refractivity contribution in [3.05, 3.63) is 35.9 Å². The van der Waals surface area contributed by atoms with Crippen LogP contribution in [-0.4, -0.2) is 54.9 Å². The molecule has 5 aliphatic carbocycles. The quantitative estimate of drug-likeness (QED) is 0.571. The highest BCUT2D eigenvalue weighted by molar-refractivity contribution is 7.87. The summed E-state index contributed by atoms with van der Waals surface area (Å²) in [5.41, 5.74) is 0.237. The minimum atomic E-state index is -4.52. The zero-order valence-electron chi connectivity index (χ0n) is 19.2. The van der Waals surface area contributed by atoms with Crippen molar-refractivity contribution in [3.63, 3.8) is 0 Å². The molecule has 34 heavy (non-hydrogen) atoms. The SMILES string of the molecule is O=C(NS(=O)(=O)N1C(C2CC2)C(OCC23CC4CC(CC(C4)C2)C3)[C@H](O)C1F)c1ccccc1. The van der Waals surface area contributed by atoms with E-state index in [1.54, 1.807) is 18.2 Å². The lowest BCUT2D eigenvalue weighted by molar-refractivity contribution is -0.131. The van der Waals surface area contributed by atoms with Gasteiger partial charge < -0.3 is 9.84 Å². The average molecular weight is 493 g/mol. The van der Waals surface area contributed by atoms with Crippen LogP contribution in [0.4, 0.5) is 4.39 Å². The molecule has 1 saturated heterocycles. The van der Waals surface area contributed by atoms with Gasteiger partial charge in [-0.25, -0.2) is 9.11 Å². The van der Waals surface area contributed by atoms with Gasteiger partial charge in [0.15, 0.2) is 6.30 Å². The molecule has 4 atom stereocenters. The first-order chi connectivity index (χ1) is 16.2. The second kappa shape index (κ2) is 8.25. The number of aliphatic hydroxyl groups is 1. The van der Waals surface area contributed by atoms with Gasteiger partial charge in [0.1, 0.15) is 12.2 Å². The zero-order chi connectivity index (χ0) is 23.7. The maximum atomic E-state index is 15.4. The average Bonchev–Trinajstić information content (AvgIpc) is 3.58. The molecule has 1 aromatic rings. The fraction of sp³-hybridized carbons (Fsp3) is 0.720. The summed E-state index contributed by atoms with van der Waals surface area (Å²) in [6, 6.07) is 7.13. The number of halogens is 1. The van der Waals surface area contributed by atoms with Crippen molar-refractivity contribution < 1.29 is 27.4 Å². The van der Waals surface area contributed by atoms with Crippen LogP contribution in [0.2, 0.25) is 0 Å². The zero-order valence-corrected chi connectivity index (χ0v) is 20.0. The summed E-state index contributed by atoms with van der Waals surface area (Å²) in [6.07, 6.45) is 4.08. The molecule has 7 nitrogen and oxygen atoms in total. The highest BCUT2D eigenvalue weighted by Crippen LogP contribution is 2.60. The smallest absolute Gasteiger partial charge is 0.306 e. The third-order valence-corrected chi connectivity index (χ3v) is 10.3. The van der Waals surface area contributed by atoms with Crippen molar-refractivity contribution in [2.24, 2.45) is 29.1 Å². The summed E-state index contributed by atoms with van der Waals surface area (Å²) in [4.78, 5) is 12.5. The summed E-state index contributed by atoms with van der Waals surface area (Å²) in [5, 5.41) is 10.8. The van der Waals surface area contributed by atoms with E-state index in [1.807, 2.05) is 4.72 Å². The topological polar surface area (TPSA) is 95.9 Å². The third-order valence-electron chi connectivity index (χ3n) is 8.88. The van der Waals surface area contributed by atoms with E-state index in [0.717, 1.165) is 49.9 Å². The number of benzene rings is 1. The van der Waals surface area contributed by atoms with Crippen molar-refractivity contribution in [2.75, 3.05) is 6.61 Å². The molecule has 0 aromatic heterocycles. The van der Waals surface area contributed by atoms with E-state index in [2.05, 4.69) is 0 Å². The van der Waals surface area contributed by atoms with Gasteiger partial charge in [0.05, 0.1) is 12.6 Å². The minimum absolute atomic E-state index is 0.0716. The number of hydrogen-bond donors (Lipinski definition) is 2. The van der Waals surface area contributed by atoms with Crippen molar-refractivity contribution in [2.45, 2.75) is 75.9 Å². The van der Waals surface area contributed by atoms with E-state index >= 15 is 4.39 Å². The molecule has 7 rings (SSSR count). The highest BCUT2D eigenvalue weighted by Gasteiger charge is 2.60. The lowest BCUT2D eigenvalue weighted by Gasteiger charge is -2.57. The first-order valence-corrected chi connectivity index (χ1v) is 14.0. The number of rotatable bonds is 7. The number of nitrogens with one attached hydrogen (secondary N) is 1. The summed E-state index contributed by atoms with van der Waals surface area (Å²) < 4.78 is 50.7. The van der Waals surface area contributed by atoms with Gasteiger partial charge in [-0.1, -0.05) is 18.2 Å². The molecule has 2 N–H and O–H groups in total. The third kappa shape index (κ3) is 3.98. The number of carbonyl (C=O) groups is 1. The Bertz CT molecular complexity index is 1010. The van der Waals surface area contributed by atoms with Gasteiger partial charge in [0.25, 0.3) is 5.91 Å². The van der Waals surface area contributed by atoms with E-state index in [1.165, 1.54) is 31.4 Å². The van der Waals surface area contributed by atoms with Gasteiger partial charge in [-0.15, -0.1) is 4.31 Å². The van der Waals surface area contributed by atoms with Crippen molar-refractivity contribution in [1.29, 1.82) is 0 Å². The second-order valence-corrected chi connectivity index (χ2v) is 13.1. The molecule has 6 aliphatic rings. The molecule has 1 aliphatic heterocycles. The van der Waals surface area contributed by atoms with Crippen LogP contribution in [-0.2, 0) is 14.9 Å². The molecule has 1 heterocycles. The Hall–Kier alpha value is -1.55. The van der Waals surface area contributed by atoms with Gasteiger partial charge in [0, 0.05) is 5.56 Å². The van der Waals surface area contributed by atoms with Gasteiger partial charge in [-0.05, 0) is 92.6 Å². The van der Waals surface area contributed by atoms with Crippen molar-refractivity contribution in [3.8, 4) is 0 Å². The number of carbonyl (C=O) groups excluding carboxylic acids is 1. The van der Waals surface area contributed by atoms with Crippen LogP contribution < -0.4 is 4.72 Å². The molecule has 0 spiro atoms. The predicted molar refractivity (Wildman–Crippen MR) is 122 cm³/mol. The summed E-state index contributed by atoms with van der Waals surface area (Å²) in [5.74, 6) is 1.31. The monoisotopic (exact) mass is 492 g/mol. The van der Waals surface area contributed by atoms with E-state index in [0.29, 0.717) is 10.9 Å². The van der Waals surface area contributed by atoms with Gasteiger partial charge in [0.2, 0.25) is 0 Å². The summed E-state index contributed by atoms with van der Waals surface area (Å²) >= 11 is 0. The molecule has 4 bridgehead atoms. The van der Waals surface area contributed by atoms with Crippen molar-refractivity contribution in [1.82, 2.24) is 9.03 Å². The van der Waals surface area contributed by atoms with Gasteiger partial charge >= 0.3 is 10.2 Å². The Kier molecular flexibility index (Phi) is 5.55. The Morgan fingerprint density at radius 2 is 1.68 bits per heavy atom. The highest BCUT2D eigenvalue weighted by atomic mass is 32.2. The number of nitrogens with zero attached hydrogens (tertiary/aromatic N) is 1. The van der Waals surface area contributed by atoms with E-state index in [-0.39, 0.29) is 16.9 Å². The molecule has 186 valence electrons. The van der Waals surface area contributed by atoms with Crippen LogP contribution >= 0.6 is 0 Å². The molecule has 0 radical (unpaired) electrons. The molecule has 3 unspecified atom stereocenters. The largest absolute Gasteiger partial charge is 0.386 e. The Labute approximate surface area is 200 Å². The second-order valence-electron chi connectivity index (χ2n) is 11.5. The predicted octanol–water partition coefficient (Wildman–Crippen LogP) is 3.01.